The van der Waals surface area contributed by atoms with Gasteiger partial charge in [-0.05, 0) is 74.2 Å². The maximum absolute atomic E-state index is 4.66. The molecule has 2 aromatic heterocycles. The predicted molar refractivity (Wildman–Crippen MR) is 146 cm³/mol. The summed E-state index contributed by atoms with van der Waals surface area (Å²) in [7, 11) is 0. The van der Waals surface area contributed by atoms with Crippen LogP contribution in [-0.4, -0.2) is 44.9 Å². The average molecular weight is 475 g/mol. The Bertz CT molecular complexity index is 1350. The van der Waals surface area contributed by atoms with Gasteiger partial charge >= 0.3 is 0 Å². The predicted octanol–water partition coefficient (Wildman–Crippen LogP) is 6.28. The highest BCUT2D eigenvalue weighted by Crippen LogP contribution is 2.33. The van der Waals surface area contributed by atoms with Crippen molar-refractivity contribution in [3.05, 3.63) is 107 Å². The first kappa shape index (κ1) is 23.1. The fraction of sp³-hybridized carbons (Fsp3) is 0.312. The quantitative estimate of drug-likeness (QED) is 0.329. The maximum Gasteiger partial charge on any atom is 0.0705 e. The standard InChI is InChI=1S/C32H34N4/c1-23-5-3-7-27(15-23)31-17-25(11-13-33-31)19-35-21-29-9-10-30(22-35)36(29)20-26-12-14-34-32(18-26)28-8-4-6-24(2)16-28/h3-8,11-18,29-30H,9-10,19-22H2,1-2H3. The molecule has 2 bridgehead atoms. The summed E-state index contributed by atoms with van der Waals surface area (Å²) in [5.41, 5.74) is 9.80. The minimum atomic E-state index is 0.623. The molecule has 2 atom stereocenters. The third-order valence-corrected chi connectivity index (χ3v) is 7.76. The van der Waals surface area contributed by atoms with E-state index in [1.807, 2.05) is 12.4 Å². The number of hydrogen-bond donors (Lipinski definition) is 0. The second-order valence-electron chi connectivity index (χ2n) is 10.6. The van der Waals surface area contributed by atoms with E-state index in [0.717, 1.165) is 37.6 Å². The molecule has 0 amide bonds. The Balaban J connectivity index is 1.13. The van der Waals surface area contributed by atoms with Crippen LogP contribution in [0, 0.1) is 13.8 Å². The number of aryl methyl sites for hydroxylation is 2. The lowest BCUT2D eigenvalue weighted by molar-refractivity contribution is 0.0567. The van der Waals surface area contributed by atoms with Gasteiger partial charge in [-0.1, -0.05) is 47.5 Å². The number of likely N-dealkylation sites (tertiary alicyclic amines) is 1. The highest BCUT2D eigenvalue weighted by Gasteiger charge is 2.39. The van der Waals surface area contributed by atoms with E-state index in [4.69, 9.17) is 0 Å². The first-order valence-electron chi connectivity index (χ1n) is 13.1. The van der Waals surface area contributed by atoms with Crippen LogP contribution in [0.25, 0.3) is 22.5 Å². The van der Waals surface area contributed by atoms with Crippen LogP contribution in [0.1, 0.15) is 35.1 Å². The highest BCUT2D eigenvalue weighted by atomic mass is 15.3. The minimum Gasteiger partial charge on any atom is -0.296 e. The van der Waals surface area contributed by atoms with Crippen LogP contribution in [-0.2, 0) is 13.1 Å². The summed E-state index contributed by atoms with van der Waals surface area (Å²) in [6.07, 6.45) is 6.53. The second-order valence-corrected chi connectivity index (χ2v) is 10.6. The van der Waals surface area contributed by atoms with Gasteiger partial charge in [0, 0.05) is 61.8 Å². The normalized spacial score (nSPS) is 20.1. The first-order chi connectivity index (χ1) is 17.6. The van der Waals surface area contributed by atoms with E-state index in [9.17, 15) is 0 Å². The Hall–Kier alpha value is -3.34. The molecule has 2 saturated heterocycles. The fourth-order valence-corrected chi connectivity index (χ4v) is 6.00. The van der Waals surface area contributed by atoms with E-state index in [0.29, 0.717) is 12.1 Å². The number of benzene rings is 2. The van der Waals surface area contributed by atoms with E-state index in [1.54, 1.807) is 0 Å². The SMILES string of the molecule is Cc1cccc(-c2cc(CN3CC4CCC(C3)N4Cc3ccnc(-c4cccc(C)c4)c3)ccn2)c1. The van der Waals surface area contributed by atoms with E-state index in [1.165, 1.54) is 46.2 Å². The molecule has 2 fully saturated rings. The maximum atomic E-state index is 4.66. The summed E-state index contributed by atoms with van der Waals surface area (Å²) < 4.78 is 0. The van der Waals surface area contributed by atoms with Crippen molar-refractivity contribution < 1.29 is 0 Å². The smallest absolute Gasteiger partial charge is 0.0705 e. The van der Waals surface area contributed by atoms with Gasteiger partial charge < -0.3 is 0 Å². The van der Waals surface area contributed by atoms with Crippen molar-refractivity contribution in [1.82, 2.24) is 19.8 Å². The Morgan fingerprint density at radius 3 is 1.72 bits per heavy atom. The van der Waals surface area contributed by atoms with Gasteiger partial charge in [-0.15, -0.1) is 0 Å². The van der Waals surface area contributed by atoms with Crippen molar-refractivity contribution in [3.63, 3.8) is 0 Å². The molecule has 4 nitrogen and oxygen atoms in total. The van der Waals surface area contributed by atoms with Crippen molar-refractivity contribution in [1.29, 1.82) is 0 Å². The lowest BCUT2D eigenvalue weighted by atomic mass is 10.0. The number of aromatic nitrogens is 2. The number of rotatable bonds is 6. The van der Waals surface area contributed by atoms with E-state index in [-0.39, 0.29) is 0 Å². The van der Waals surface area contributed by atoms with Gasteiger partial charge in [0.05, 0.1) is 11.4 Å². The van der Waals surface area contributed by atoms with Crippen LogP contribution >= 0.6 is 0 Å². The highest BCUT2D eigenvalue weighted by molar-refractivity contribution is 5.61. The zero-order chi connectivity index (χ0) is 24.5. The fourth-order valence-electron chi connectivity index (χ4n) is 6.00. The zero-order valence-electron chi connectivity index (χ0n) is 21.3. The number of fused-ring (bicyclic) bond motifs is 2. The Labute approximate surface area is 214 Å². The van der Waals surface area contributed by atoms with Crippen molar-refractivity contribution in [2.24, 2.45) is 0 Å². The van der Waals surface area contributed by atoms with Crippen LogP contribution in [0.5, 0.6) is 0 Å². The molecule has 4 aromatic rings. The van der Waals surface area contributed by atoms with Gasteiger partial charge in [-0.3, -0.25) is 19.8 Å². The van der Waals surface area contributed by atoms with Crippen LogP contribution in [0.3, 0.4) is 0 Å². The molecule has 2 aliphatic rings. The van der Waals surface area contributed by atoms with E-state index >= 15 is 0 Å². The molecule has 0 radical (unpaired) electrons. The summed E-state index contributed by atoms with van der Waals surface area (Å²) in [6.45, 7) is 8.55. The number of nitrogens with zero attached hydrogens (tertiary/aromatic N) is 4. The number of hydrogen-bond acceptors (Lipinski definition) is 4. The molecule has 2 aromatic carbocycles. The molecule has 0 saturated carbocycles. The van der Waals surface area contributed by atoms with Crippen molar-refractivity contribution in [2.75, 3.05) is 13.1 Å². The van der Waals surface area contributed by atoms with Crippen LogP contribution in [0.15, 0.2) is 85.2 Å². The summed E-state index contributed by atoms with van der Waals surface area (Å²) in [5.74, 6) is 0. The molecule has 4 heterocycles. The van der Waals surface area contributed by atoms with Gasteiger partial charge in [0.1, 0.15) is 0 Å². The average Bonchev–Trinajstić information content (AvgIpc) is 3.11. The molecular weight excluding hydrogens is 440 g/mol. The summed E-state index contributed by atoms with van der Waals surface area (Å²) in [4.78, 5) is 14.7. The van der Waals surface area contributed by atoms with E-state index < -0.39 is 0 Å². The van der Waals surface area contributed by atoms with Crippen LogP contribution < -0.4 is 0 Å². The van der Waals surface area contributed by atoms with Gasteiger partial charge in [0.2, 0.25) is 0 Å². The zero-order valence-corrected chi connectivity index (χ0v) is 21.3. The molecule has 6 rings (SSSR count). The molecule has 2 unspecified atom stereocenters. The van der Waals surface area contributed by atoms with Gasteiger partial charge in [0.25, 0.3) is 0 Å². The molecule has 0 N–H and O–H groups in total. The summed E-state index contributed by atoms with van der Waals surface area (Å²) in [6, 6.07) is 27.4. The first-order valence-corrected chi connectivity index (χ1v) is 13.1. The van der Waals surface area contributed by atoms with Gasteiger partial charge in [-0.2, -0.15) is 0 Å². The largest absolute Gasteiger partial charge is 0.296 e. The van der Waals surface area contributed by atoms with Crippen molar-refractivity contribution >= 4 is 0 Å². The lowest BCUT2D eigenvalue weighted by Crippen LogP contribution is -2.52. The van der Waals surface area contributed by atoms with Crippen LogP contribution in [0.2, 0.25) is 0 Å². The molecule has 4 heteroatoms. The monoisotopic (exact) mass is 474 g/mol. The molecule has 0 aliphatic carbocycles. The molecule has 182 valence electrons. The molecule has 0 spiro atoms. The molecular formula is C32H34N4. The third kappa shape index (κ3) is 4.97. The van der Waals surface area contributed by atoms with Gasteiger partial charge in [0.15, 0.2) is 0 Å². The molecule has 2 aliphatic heterocycles. The van der Waals surface area contributed by atoms with Crippen molar-refractivity contribution in [2.45, 2.75) is 51.9 Å². The number of piperazine rings is 1. The summed E-state index contributed by atoms with van der Waals surface area (Å²) in [5, 5.41) is 0. The topological polar surface area (TPSA) is 32.3 Å². The Morgan fingerprint density at radius 2 is 1.19 bits per heavy atom. The second kappa shape index (κ2) is 9.96. The summed E-state index contributed by atoms with van der Waals surface area (Å²) >= 11 is 0. The molecule has 36 heavy (non-hydrogen) atoms. The Morgan fingerprint density at radius 1 is 0.667 bits per heavy atom. The minimum absolute atomic E-state index is 0.623. The van der Waals surface area contributed by atoms with Gasteiger partial charge in [-0.25, -0.2) is 0 Å². The van der Waals surface area contributed by atoms with E-state index in [2.05, 4.69) is 106 Å². The van der Waals surface area contributed by atoms with Crippen molar-refractivity contribution in [3.8, 4) is 22.5 Å². The van der Waals surface area contributed by atoms with Crippen LogP contribution in [0.4, 0.5) is 0 Å². The number of pyridine rings is 2. The Kier molecular flexibility index (Phi) is 6.39. The third-order valence-electron chi connectivity index (χ3n) is 7.76. The lowest BCUT2D eigenvalue weighted by Gasteiger charge is -2.41.